The van der Waals surface area contributed by atoms with E-state index < -0.39 is 0 Å². The summed E-state index contributed by atoms with van der Waals surface area (Å²) in [7, 11) is 0. The molecule has 0 saturated heterocycles. The predicted molar refractivity (Wildman–Crippen MR) is 68.8 cm³/mol. The van der Waals surface area contributed by atoms with Gasteiger partial charge in [-0.2, -0.15) is 0 Å². The standard InChI is InChI=1S/2C6H14N2.Ni/c2*7-5-2-1-3-6(8)4-5;/h2*5-6H,1-4,7-8H2;/q;;+2. The zero-order valence-corrected chi connectivity index (χ0v) is 11.6. The second-order valence-electron chi connectivity index (χ2n) is 5.37. The van der Waals surface area contributed by atoms with Crippen molar-refractivity contribution in [3.63, 3.8) is 0 Å². The molecular formula is C12H28N4Ni+2. The minimum Gasteiger partial charge on any atom is -0.328 e. The molecule has 0 radical (unpaired) electrons. The van der Waals surface area contributed by atoms with Gasteiger partial charge in [-0.1, -0.05) is 12.8 Å². The number of nitrogens with two attached hydrogens (primary N) is 4. The fourth-order valence-corrected chi connectivity index (χ4v) is 2.53. The molecule has 2 aliphatic carbocycles. The fourth-order valence-electron chi connectivity index (χ4n) is 2.53. The summed E-state index contributed by atoms with van der Waals surface area (Å²) in [5, 5.41) is 0. The van der Waals surface area contributed by atoms with E-state index in [1.807, 2.05) is 0 Å². The van der Waals surface area contributed by atoms with E-state index in [1.165, 1.54) is 38.5 Å². The fraction of sp³-hybridized carbons (Fsp3) is 1.00. The van der Waals surface area contributed by atoms with E-state index in [2.05, 4.69) is 0 Å². The van der Waals surface area contributed by atoms with Crippen molar-refractivity contribution in [2.24, 2.45) is 22.9 Å². The third kappa shape index (κ3) is 8.12. The average Bonchev–Trinajstić information content (AvgIpc) is 2.17. The van der Waals surface area contributed by atoms with Gasteiger partial charge in [-0.3, -0.25) is 0 Å². The SMILES string of the molecule is NC1CCCC(N)C1.NC1CCCC(N)C1.[Ni+2]. The Hall–Kier alpha value is 0.334. The van der Waals surface area contributed by atoms with Crippen LogP contribution in [-0.2, 0) is 16.5 Å². The molecule has 0 aliphatic heterocycles. The second-order valence-corrected chi connectivity index (χ2v) is 5.37. The maximum Gasteiger partial charge on any atom is 2.00 e. The van der Waals surface area contributed by atoms with Gasteiger partial charge in [0.25, 0.3) is 0 Å². The van der Waals surface area contributed by atoms with Gasteiger partial charge in [0, 0.05) is 24.2 Å². The van der Waals surface area contributed by atoms with Gasteiger partial charge in [0.05, 0.1) is 0 Å². The third-order valence-electron chi connectivity index (χ3n) is 3.51. The maximum absolute atomic E-state index is 5.65. The smallest absolute Gasteiger partial charge is 0.328 e. The normalized spacial score (nSPS) is 37.4. The first-order valence-electron chi connectivity index (χ1n) is 6.60. The molecule has 2 rings (SSSR count). The van der Waals surface area contributed by atoms with Crippen molar-refractivity contribution in [3.8, 4) is 0 Å². The molecule has 0 spiro atoms. The molecule has 4 nitrogen and oxygen atoms in total. The van der Waals surface area contributed by atoms with Gasteiger partial charge in [0.2, 0.25) is 0 Å². The van der Waals surface area contributed by atoms with Gasteiger partial charge < -0.3 is 22.9 Å². The van der Waals surface area contributed by atoms with Gasteiger partial charge >= 0.3 is 16.5 Å². The van der Waals surface area contributed by atoms with Crippen LogP contribution in [0.2, 0.25) is 0 Å². The zero-order chi connectivity index (χ0) is 12.0. The Morgan fingerprint density at radius 1 is 0.529 bits per heavy atom. The molecule has 2 aliphatic rings. The van der Waals surface area contributed by atoms with Gasteiger partial charge in [-0.25, -0.2) is 0 Å². The van der Waals surface area contributed by atoms with Gasteiger partial charge in [0.1, 0.15) is 0 Å². The monoisotopic (exact) mass is 286 g/mol. The first-order valence-corrected chi connectivity index (χ1v) is 6.60. The summed E-state index contributed by atoms with van der Waals surface area (Å²) in [5.41, 5.74) is 22.6. The minimum absolute atomic E-state index is 0. The molecule has 0 aromatic rings. The minimum atomic E-state index is 0. The molecule has 5 heteroatoms. The van der Waals surface area contributed by atoms with Crippen LogP contribution in [0.15, 0.2) is 0 Å². The summed E-state index contributed by atoms with van der Waals surface area (Å²) in [4.78, 5) is 0. The summed E-state index contributed by atoms with van der Waals surface area (Å²) in [6, 6.07) is 1.55. The van der Waals surface area contributed by atoms with E-state index in [1.54, 1.807) is 0 Å². The van der Waals surface area contributed by atoms with Crippen LogP contribution in [-0.4, -0.2) is 24.2 Å². The van der Waals surface area contributed by atoms with Crippen molar-refractivity contribution >= 4 is 0 Å². The molecule has 104 valence electrons. The topological polar surface area (TPSA) is 104 Å². The Morgan fingerprint density at radius 3 is 0.882 bits per heavy atom. The summed E-state index contributed by atoms with van der Waals surface area (Å²) in [6.07, 6.45) is 9.20. The Labute approximate surface area is 115 Å². The molecule has 17 heavy (non-hydrogen) atoms. The summed E-state index contributed by atoms with van der Waals surface area (Å²) < 4.78 is 0. The summed E-state index contributed by atoms with van der Waals surface area (Å²) in [5.74, 6) is 0. The summed E-state index contributed by atoms with van der Waals surface area (Å²) in [6.45, 7) is 0. The van der Waals surface area contributed by atoms with Crippen molar-refractivity contribution < 1.29 is 16.5 Å². The summed E-state index contributed by atoms with van der Waals surface area (Å²) >= 11 is 0. The van der Waals surface area contributed by atoms with Gasteiger partial charge in [0.15, 0.2) is 0 Å². The van der Waals surface area contributed by atoms with Crippen LogP contribution < -0.4 is 22.9 Å². The molecule has 0 amide bonds. The van der Waals surface area contributed by atoms with Crippen LogP contribution in [0.1, 0.15) is 51.4 Å². The predicted octanol–water partition coefficient (Wildman–Crippen LogP) is 0.428. The molecule has 8 N–H and O–H groups in total. The molecule has 0 aromatic carbocycles. The van der Waals surface area contributed by atoms with Crippen molar-refractivity contribution in [1.82, 2.24) is 0 Å². The van der Waals surface area contributed by atoms with Crippen molar-refractivity contribution in [3.05, 3.63) is 0 Å². The molecule has 4 unspecified atom stereocenters. The first kappa shape index (κ1) is 17.3. The van der Waals surface area contributed by atoms with E-state index in [4.69, 9.17) is 22.9 Å². The van der Waals surface area contributed by atoms with Crippen LogP contribution in [0, 0.1) is 0 Å². The van der Waals surface area contributed by atoms with Crippen LogP contribution in [0.3, 0.4) is 0 Å². The van der Waals surface area contributed by atoms with Crippen molar-refractivity contribution in [2.75, 3.05) is 0 Å². The van der Waals surface area contributed by atoms with E-state index in [0.29, 0.717) is 24.2 Å². The number of hydrogen-bond donors (Lipinski definition) is 4. The Balaban J connectivity index is 0.000000284. The molecule has 0 aromatic heterocycles. The number of rotatable bonds is 0. The Kier molecular flexibility index (Phi) is 9.47. The Bertz CT molecular complexity index is 155. The first-order chi connectivity index (χ1) is 7.58. The second kappa shape index (κ2) is 9.29. The quantitative estimate of drug-likeness (QED) is 0.485. The van der Waals surface area contributed by atoms with Crippen LogP contribution >= 0.6 is 0 Å². The van der Waals surface area contributed by atoms with E-state index in [9.17, 15) is 0 Å². The van der Waals surface area contributed by atoms with Crippen LogP contribution in [0.4, 0.5) is 0 Å². The Morgan fingerprint density at radius 2 is 0.765 bits per heavy atom. The van der Waals surface area contributed by atoms with Crippen molar-refractivity contribution in [2.45, 2.75) is 75.5 Å². The zero-order valence-electron chi connectivity index (χ0n) is 10.6. The number of hydrogen-bond acceptors (Lipinski definition) is 4. The maximum atomic E-state index is 5.65. The van der Waals surface area contributed by atoms with E-state index in [-0.39, 0.29) is 16.5 Å². The van der Waals surface area contributed by atoms with E-state index in [0.717, 1.165) is 12.8 Å². The van der Waals surface area contributed by atoms with Crippen LogP contribution in [0.5, 0.6) is 0 Å². The average molecular weight is 287 g/mol. The van der Waals surface area contributed by atoms with Gasteiger partial charge in [-0.05, 0) is 38.5 Å². The molecule has 0 bridgehead atoms. The molecule has 0 heterocycles. The molecule has 4 atom stereocenters. The van der Waals surface area contributed by atoms with Crippen LogP contribution in [0.25, 0.3) is 0 Å². The molecule has 2 saturated carbocycles. The van der Waals surface area contributed by atoms with Crippen molar-refractivity contribution in [1.29, 1.82) is 0 Å². The third-order valence-corrected chi connectivity index (χ3v) is 3.51. The molecular weight excluding hydrogens is 259 g/mol. The van der Waals surface area contributed by atoms with E-state index >= 15 is 0 Å². The molecule has 2 fully saturated rings. The van der Waals surface area contributed by atoms with Gasteiger partial charge in [-0.15, -0.1) is 0 Å². The largest absolute Gasteiger partial charge is 2.00 e.